The van der Waals surface area contributed by atoms with E-state index in [1.807, 2.05) is 0 Å². The molecule has 0 rings (SSSR count). The standard InChI is InChI=1S/C5H13O8P/c6-1-3(7)5(9)4(8)2-13-14(10,11)12/h3-9H,1-2H2,(H2,10,11,12)/p-2/t3-,4+,5-/m1/s1. The molecule has 14 heavy (non-hydrogen) atoms. The number of aliphatic hydroxyl groups is 4. The van der Waals surface area contributed by atoms with Crippen molar-refractivity contribution in [3.05, 3.63) is 0 Å². The number of rotatable bonds is 6. The number of hydrogen-bond donors (Lipinski definition) is 4. The molecule has 0 spiro atoms. The molecule has 0 heterocycles. The first-order chi connectivity index (χ1) is 6.28. The smallest absolute Gasteiger partial charge is 0.110 e. The largest absolute Gasteiger partial charge is 0.790 e. The second-order valence-electron chi connectivity index (χ2n) is 2.55. The average Bonchev–Trinajstić information content (AvgIpc) is 2.10. The van der Waals surface area contributed by atoms with E-state index >= 15 is 0 Å². The molecule has 86 valence electrons. The Morgan fingerprint density at radius 2 is 1.71 bits per heavy atom. The molecule has 0 bridgehead atoms. The van der Waals surface area contributed by atoms with Crippen molar-refractivity contribution in [2.24, 2.45) is 0 Å². The maximum atomic E-state index is 9.94. The first kappa shape index (κ1) is 13.9. The van der Waals surface area contributed by atoms with Crippen LogP contribution in [-0.4, -0.2) is 52.0 Å². The molecule has 0 aromatic carbocycles. The highest BCUT2D eigenvalue weighted by atomic mass is 31.2. The normalized spacial score (nSPS) is 19.0. The lowest BCUT2D eigenvalue weighted by atomic mass is 10.1. The van der Waals surface area contributed by atoms with Crippen LogP contribution in [-0.2, 0) is 9.09 Å². The predicted octanol–water partition coefficient (Wildman–Crippen LogP) is -4.09. The predicted molar refractivity (Wildman–Crippen MR) is 38.7 cm³/mol. The van der Waals surface area contributed by atoms with Gasteiger partial charge >= 0.3 is 0 Å². The molecule has 0 aromatic heterocycles. The molecular formula is C5H11O8P-2. The Balaban J connectivity index is 3.96. The minimum absolute atomic E-state index is 0.815. The molecule has 0 radical (unpaired) electrons. The summed E-state index contributed by atoms with van der Waals surface area (Å²) in [5.74, 6) is 0. The summed E-state index contributed by atoms with van der Waals surface area (Å²) >= 11 is 0. The van der Waals surface area contributed by atoms with Gasteiger partial charge in [0, 0.05) is 0 Å². The van der Waals surface area contributed by atoms with Gasteiger partial charge in [0.05, 0.1) is 21.0 Å². The molecule has 0 saturated heterocycles. The van der Waals surface area contributed by atoms with Crippen LogP contribution >= 0.6 is 7.82 Å². The summed E-state index contributed by atoms with van der Waals surface area (Å²) in [7, 11) is -5.21. The highest BCUT2D eigenvalue weighted by molar-refractivity contribution is 7.43. The molecule has 0 fully saturated rings. The quantitative estimate of drug-likeness (QED) is 0.336. The van der Waals surface area contributed by atoms with Crippen molar-refractivity contribution < 1.29 is 39.3 Å². The van der Waals surface area contributed by atoms with Gasteiger partial charge in [0.2, 0.25) is 0 Å². The van der Waals surface area contributed by atoms with E-state index in [0.29, 0.717) is 0 Å². The lowest BCUT2D eigenvalue weighted by Gasteiger charge is -2.31. The summed E-state index contributed by atoms with van der Waals surface area (Å²) in [6.07, 6.45) is -5.19. The number of aliphatic hydroxyl groups excluding tert-OH is 4. The van der Waals surface area contributed by atoms with E-state index < -0.39 is 39.3 Å². The van der Waals surface area contributed by atoms with Crippen LogP contribution in [0.3, 0.4) is 0 Å². The SMILES string of the molecule is O=P([O-])([O-])OC[C@H](O)[C@H](O)[C@H](O)CO. The number of phosphoric ester groups is 1. The van der Waals surface area contributed by atoms with Crippen LogP contribution < -0.4 is 9.79 Å². The fourth-order valence-corrected chi connectivity index (χ4v) is 0.966. The molecule has 0 aromatic rings. The van der Waals surface area contributed by atoms with Crippen molar-refractivity contribution in [1.82, 2.24) is 0 Å². The van der Waals surface area contributed by atoms with Gasteiger partial charge in [-0.15, -0.1) is 0 Å². The van der Waals surface area contributed by atoms with Crippen LogP contribution in [0, 0.1) is 0 Å². The summed E-state index contributed by atoms with van der Waals surface area (Å²) in [6.45, 7) is -1.78. The third kappa shape index (κ3) is 5.63. The second kappa shape index (κ2) is 5.74. The Bertz CT molecular complexity index is 202. The van der Waals surface area contributed by atoms with Gasteiger partial charge in [-0.05, 0) is 0 Å². The van der Waals surface area contributed by atoms with Gasteiger partial charge < -0.3 is 39.3 Å². The zero-order valence-electron chi connectivity index (χ0n) is 7.02. The fraction of sp³-hybridized carbons (Fsp3) is 1.00. The van der Waals surface area contributed by atoms with Gasteiger partial charge in [-0.25, -0.2) is 0 Å². The topological polar surface area (TPSA) is 153 Å². The summed E-state index contributed by atoms with van der Waals surface area (Å²) in [5.41, 5.74) is 0. The molecule has 0 saturated carbocycles. The van der Waals surface area contributed by atoms with Crippen molar-refractivity contribution in [3.8, 4) is 0 Å². The summed E-state index contributed by atoms with van der Waals surface area (Å²) < 4.78 is 13.6. The third-order valence-electron chi connectivity index (χ3n) is 1.38. The Morgan fingerprint density at radius 1 is 1.21 bits per heavy atom. The van der Waals surface area contributed by atoms with E-state index in [0.717, 1.165) is 0 Å². The maximum absolute atomic E-state index is 9.94. The Labute approximate surface area is 79.6 Å². The van der Waals surface area contributed by atoms with E-state index in [1.165, 1.54) is 0 Å². The molecule has 0 aliphatic rings. The fourth-order valence-electron chi connectivity index (χ4n) is 0.631. The minimum Gasteiger partial charge on any atom is -0.790 e. The molecule has 0 aliphatic heterocycles. The van der Waals surface area contributed by atoms with Gasteiger partial charge in [0.25, 0.3) is 0 Å². The zero-order chi connectivity index (χ0) is 11.4. The molecule has 9 heteroatoms. The van der Waals surface area contributed by atoms with Crippen molar-refractivity contribution in [2.75, 3.05) is 13.2 Å². The van der Waals surface area contributed by atoms with Crippen LogP contribution in [0.2, 0.25) is 0 Å². The molecule has 4 N–H and O–H groups in total. The molecule has 8 nitrogen and oxygen atoms in total. The zero-order valence-corrected chi connectivity index (χ0v) is 7.91. The van der Waals surface area contributed by atoms with Crippen molar-refractivity contribution >= 4 is 7.82 Å². The minimum atomic E-state index is -5.21. The molecular weight excluding hydrogens is 219 g/mol. The van der Waals surface area contributed by atoms with Gasteiger partial charge in [-0.2, -0.15) is 0 Å². The average molecular weight is 230 g/mol. The molecule has 3 atom stereocenters. The van der Waals surface area contributed by atoms with Crippen molar-refractivity contribution in [2.45, 2.75) is 18.3 Å². The highest BCUT2D eigenvalue weighted by Crippen LogP contribution is 2.24. The number of phosphoric acid groups is 1. The highest BCUT2D eigenvalue weighted by Gasteiger charge is 2.24. The molecule has 0 unspecified atom stereocenters. The van der Waals surface area contributed by atoms with E-state index in [-0.39, 0.29) is 0 Å². The van der Waals surface area contributed by atoms with Crippen LogP contribution in [0.15, 0.2) is 0 Å². The molecule has 0 aliphatic carbocycles. The maximum Gasteiger partial charge on any atom is 0.110 e. The van der Waals surface area contributed by atoms with E-state index in [4.69, 9.17) is 20.4 Å². The van der Waals surface area contributed by atoms with Crippen LogP contribution in [0.5, 0.6) is 0 Å². The van der Waals surface area contributed by atoms with Crippen molar-refractivity contribution in [1.29, 1.82) is 0 Å². The van der Waals surface area contributed by atoms with E-state index in [9.17, 15) is 14.4 Å². The second-order valence-corrected chi connectivity index (χ2v) is 3.70. The summed E-state index contributed by atoms with van der Waals surface area (Å²) in [6, 6.07) is 0. The van der Waals surface area contributed by atoms with Crippen LogP contribution in [0.25, 0.3) is 0 Å². The first-order valence-electron chi connectivity index (χ1n) is 3.59. The Morgan fingerprint density at radius 3 is 2.07 bits per heavy atom. The lowest BCUT2D eigenvalue weighted by molar-refractivity contribution is -0.343. The Kier molecular flexibility index (Phi) is 5.72. The first-order valence-corrected chi connectivity index (χ1v) is 5.05. The summed E-state index contributed by atoms with van der Waals surface area (Å²) in [4.78, 5) is 19.9. The Hall–Kier alpha value is -0.0500. The van der Waals surface area contributed by atoms with Crippen LogP contribution in [0.4, 0.5) is 0 Å². The lowest BCUT2D eigenvalue weighted by Crippen LogP contribution is -2.42. The summed E-state index contributed by atoms with van der Waals surface area (Å²) in [5, 5.41) is 35.0. The van der Waals surface area contributed by atoms with Gasteiger partial charge in [0.15, 0.2) is 0 Å². The van der Waals surface area contributed by atoms with Gasteiger partial charge in [-0.3, -0.25) is 0 Å². The third-order valence-corrected chi connectivity index (χ3v) is 1.84. The van der Waals surface area contributed by atoms with Gasteiger partial charge in [-0.1, -0.05) is 0 Å². The van der Waals surface area contributed by atoms with Gasteiger partial charge in [0.1, 0.15) is 18.3 Å². The van der Waals surface area contributed by atoms with E-state index in [2.05, 4.69) is 4.52 Å². The number of hydrogen-bond acceptors (Lipinski definition) is 8. The monoisotopic (exact) mass is 230 g/mol. The van der Waals surface area contributed by atoms with E-state index in [1.54, 1.807) is 0 Å². The van der Waals surface area contributed by atoms with Crippen molar-refractivity contribution in [3.63, 3.8) is 0 Å². The van der Waals surface area contributed by atoms with Crippen LogP contribution in [0.1, 0.15) is 0 Å². The molecule has 0 amide bonds.